The average Bonchev–Trinajstić information content (AvgIpc) is 3.47. The Bertz CT molecular complexity index is 1440. The Balaban J connectivity index is 1.22. The van der Waals surface area contributed by atoms with Crippen LogP contribution in [0, 0.1) is 0 Å². The van der Waals surface area contributed by atoms with E-state index in [1.54, 1.807) is 23.0 Å². The summed E-state index contributed by atoms with van der Waals surface area (Å²) in [6.07, 6.45) is 8.66. The zero-order valence-corrected chi connectivity index (χ0v) is 21.0. The molecule has 0 atom stereocenters. The Kier molecular flexibility index (Phi) is 6.04. The molecule has 5 heterocycles. The molecule has 10 nitrogen and oxygen atoms in total. The molecule has 2 saturated heterocycles. The Hall–Kier alpha value is -3.57. The number of piperidine rings is 1. The van der Waals surface area contributed by atoms with E-state index >= 15 is 0 Å². The second kappa shape index (κ2) is 9.38. The van der Waals surface area contributed by atoms with E-state index in [0.29, 0.717) is 42.3 Å². The summed E-state index contributed by atoms with van der Waals surface area (Å²) < 4.78 is 24.1. The molecule has 1 amide bonds. The predicted molar refractivity (Wildman–Crippen MR) is 138 cm³/mol. The Morgan fingerprint density at radius 1 is 1.30 bits per heavy atom. The van der Waals surface area contributed by atoms with Gasteiger partial charge in [-0.05, 0) is 38.8 Å². The molecule has 4 aromatic rings. The lowest BCUT2D eigenvalue weighted by molar-refractivity contribution is 0.0298. The topological polar surface area (TPSA) is 102 Å². The van der Waals surface area contributed by atoms with Gasteiger partial charge in [0.2, 0.25) is 0 Å². The predicted octanol–water partition coefficient (Wildman–Crippen LogP) is 3.07. The van der Waals surface area contributed by atoms with Crippen LogP contribution in [0.4, 0.5) is 10.1 Å². The quantitative estimate of drug-likeness (QED) is 0.397. The number of amides is 1. The number of carbonyl (C=O) groups is 1. The van der Waals surface area contributed by atoms with Gasteiger partial charge in [0.15, 0.2) is 5.65 Å². The molecule has 2 fully saturated rings. The van der Waals surface area contributed by atoms with Crippen LogP contribution in [0.5, 0.6) is 5.75 Å². The highest BCUT2D eigenvalue weighted by Gasteiger charge is 2.39. The third-order valence-electron chi connectivity index (χ3n) is 7.08. The highest BCUT2D eigenvalue weighted by atomic mass is 19.1. The van der Waals surface area contributed by atoms with E-state index in [-0.39, 0.29) is 18.1 Å². The first-order valence-corrected chi connectivity index (χ1v) is 12.8. The smallest absolute Gasteiger partial charge is 0.261 e. The zero-order chi connectivity index (χ0) is 25.6. The van der Waals surface area contributed by atoms with Crippen molar-refractivity contribution < 1.29 is 13.9 Å². The number of fused-ring (bicyclic) bond motifs is 2. The molecule has 1 aromatic carbocycles. The maximum absolute atomic E-state index is 14.5. The van der Waals surface area contributed by atoms with E-state index in [2.05, 4.69) is 25.6 Å². The molecule has 0 radical (unpaired) electrons. The van der Waals surface area contributed by atoms with Crippen LogP contribution >= 0.6 is 0 Å². The molecular formula is C26H31FN8O2. The molecule has 2 N–H and O–H groups in total. The van der Waals surface area contributed by atoms with Crippen LogP contribution in [0.2, 0.25) is 0 Å². The number of benzene rings is 1. The Morgan fingerprint density at radius 2 is 2.11 bits per heavy atom. The number of likely N-dealkylation sites (tertiary alicyclic amines) is 1. The number of nitrogens with zero attached hydrogens (tertiary/aromatic N) is 6. The minimum absolute atomic E-state index is 0.0807. The van der Waals surface area contributed by atoms with Crippen LogP contribution in [0.25, 0.3) is 16.6 Å². The maximum Gasteiger partial charge on any atom is 0.261 e. The summed E-state index contributed by atoms with van der Waals surface area (Å²) in [7, 11) is 0. The lowest BCUT2D eigenvalue weighted by Gasteiger charge is -2.41. The normalized spacial score (nSPS) is 18.4. The summed E-state index contributed by atoms with van der Waals surface area (Å²) in [6, 6.07) is 5.78. The summed E-state index contributed by atoms with van der Waals surface area (Å²) in [6.45, 7) is 6.98. The highest BCUT2D eigenvalue weighted by molar-refractivity contribution is 6.09. The van der Waals surface area contributed by atoms with Crippen molar-refractivity contribution in [1.82, 2.24) is 34.6 Å². The Labute approximate surface area is 213 Å². The fourth-order valence-electron chi connectivity index (χ4n) is 5.14. The molecule has 0 bridgehead atoms. The largest absolute Gasteiger partial charge is 0.489 e. The summed E-state index contributed by atoms with van der Waals surface area (Å²) in [4.78, 5) is 19.7. The summed E-state index contributed by atoms with van der Waals surface area (Å²) in [5, 5.41) is 16.0. The van der Waals surface area contributed by atoms with Gasteiger partial charge < -0.3 is 15.4 Å². The molecule has 37 heavy (non-hydrogen) atoms. The minimum Gasteiger partial charge on any atom is -0.489 e. The van der Waals surface area contributed by atoms with Crippen LogP contribution in [-0.2, 0) is 0 Å². The van der Waals surface area contributed by atoms with Gasteiger partial charge in [0.25, 0.3) is 5.91 Å². The molecule has 3 aromatic heterocycles. The second-order valence-electron chi connectivity index (χ2n) is 10.3. The van der Waals surface area contributed by atoms with Gasteiger partial charge in [-0.1, -0.05) is 0 Å². The fraction of sp³-hybridized carbons (Fsp3) is 0.462. The molecule has 11 heteroatoms. The second-order valence-corrected chi connectivity index (χ2v) is 10.3. The number of anilines is 1. The van der Waals surface area contributed by atoms with Crippen LogP contribution in [0.1, 0.15) is 43.1 Å². The van der Waals surface area contributed by atoms with E-state index in [0.717, 1.165) is 36.8 Å². The number of carbonyl (C=O) groups excluding carboxylic acids is 1. The lowest BCUT2D eigenvalue weighted by atomic mass is 9.96. The van der Waals surface area contributed by atoms with Crippen molar-refractivity contribution in [3.63, 3.8) is 0 Å². The Morgan fingerprint density at radius 3 is 2.84 bits per heavy atom. The van der Waals surface area contributed by atoms with E-state index < -0.39 is 5.67 Å². The fourth-order valence-corrected chi connectivity index (χ4v) is 5.14. The van der Waals surface area contributed by atoms with Crippen LogP contribution in [-0.4, -0.2) is 79.7 Å². The van der Waals surface area contributed by atoms with Crippen molar-refractivity contribution in [2.24, 2.45) is 0 Å². The van der Waals surface area contributed by atoms with E-state index in [1.165, 1.54) is 6.20 Å². The third kappa shape index (κ3) is 4.76. The van der Waals surface area contributed by atoms with Crippen molar-refractivity contribution in [2.45, 2.75) is 44.5 Å². The first-order valence-electron chi connectivity index (χ1n) is 12.8. The molecule has 194 valence electrons. The number of ether oxygens (including phenoxy) is 1. The van der Waals surface area contributed by atoms with Gasteiger partial charge in [0, 0.05) is 62.8 Å². The lowest BCUT2D eigenvalue weighted by Crippen LogP contribution is -2.62. The zero-order valence-electron chi connectivity index (χ0n) is 21.0. The van der Waals surface area contributed by atoms with Crippen molar-refractivity contribution in [3.05, 3.63) is 48.5 Å². The first-order chi connectivity index (χ1) is 17.9. The number of hydrogen-bond acceptors (Lipinski definition) is 7. The number of alkyl halides is 1. The number of hydrogen-bond donors (Lipinski definition) is 2. The van der Waals surface area contributed by atoms with Gasteiger partial charge in [0.05, 0.1) is 29.5 Å². The van der Waals surface area contributed by atoms with Gasteiger partial charge in [-0.2, -0.15) is 10.2 Å². The molecule has 0 spiro atoms. The third-order valence-corrected chi connectivity index (χ3v) is 7.08. The van der Waals surface area contributed by atoms with Gasteiger partial charge in [0.1, 0.15) is 17.0 Å². The van der Waals surface area contributed by atoms with Crippen molar-refractivity contribution in [2.75, 3.05) is 38.0 Å². The maximum atomic E-state index is 14.5. The molecule has 2 aliphatic rings. The number of nitrogens with one attached hydrogen (secondary N) is 2. The summed E-state index contributed by atoms with van der Waals surface area (Å²) in [5.41, 5.74) is 1.15. The SMILES string of the molecule is CC(C)Oc1cc2nn(C3CCN(CC4(F)CNC4)CC3)cc2cc1NC(=O)c1cnn2cccnc12. The van der Waals surface area contributed by atoms with Gasteiger partial charge in [-0.3, -0.25) is 14.4 Å². The van der Waals surface area contributed by atoms with E-state index in [4.69, 9.17) is 9.84 Å². The average molecular weight is 507 g/mol. The van der Waals surface area contributed by atoms with Crippen LogP contribution in [0.15, 0.2) is 43.0 Å². The van der Waals surface area contributed by atoms with Gasteiger partial charge in [-0.25, -0.2) is 13.9 Å². The highest BCUT2D eigenvalue weighted by Crippen LogP contribution is 2.33. The molecule has 2 aliphatic heterocycles. The van der Waals surface area contributed by atoms with Crippen LogP contribution < -0.4 is 15.4 Å². The number of aromatic nitrogens is 5. The monoisotopic (exact) mass is 506 g/mol. The summed E-state index contributed by atoms with van der Waals surface area (Å²) >= 11 is 0. The van der Waals surface area contributed by atoms with Crippen molar-refractivity contribution in [3.8, 4) is 5.75 Å². The summed E-state index contributed by atoms with van der Waals surface area (Å²) in [5.74, 6) is 0.247. The van der Waals surface area contributed by atoms with E-state index in [9.17, 15) is 9.18 Å². The van der Waals surface area contributed by atoms with Crippen molar-refractivity contribution in [1.29, 1.82) is 0 Å². The number of halogens is 1. The molecule has 0 unspecified atom stereocenters. The number of rotatable bonds is 7. The molecule has 0 saturated carbocycles. The molecular weight excluding hydrogens is 475 g/mol. The van der Waals surface area contributed by atoms with Gasteiger partial charge >= 0.3 is 0 Å². The van der Waals surface area contributed by atoms with E-state index in [1.807, 2.05) is 36.9 Å². The van der Waals surface area contributed by atoms with Gasteiger partial charge in [-0.15, -0.1) is 0 Å². The first kappa shape index (κ1) is 23.8. The minimum atomic E-state index is -1.08. The van der Waals surface area contributed by atoms with Crippen LogP contribution in [0.3, 0.4) is 0 Å². The molecule has 0 aliphatic carbocycles. The standard InChI is InChI=1S/C26H31FN8O2/c1-17(2)37-23-11-21-18(10-22(23)31-25(36)20-12-30-34-7-3-6-29-24(20)34)13-35(32-21)19-4-8-33(9-5-19)16-26(27)14-28-15-26/h3,6-7,10-13,17,19,28H,4-5,8-9,14-16H2,1-2H3,(H,31,36). The van der Waals surface area contributed by atoms with Crippen molar-refractivity contribution >= 4 is 28.1 Å². The molecule has 6 rings (SSSR count).